The van der Waals surface area contributed by atoms with E-state index in [2.05, 4.69) is 0 Å². The molecule has 2 N–H and O–H groups in total. The molecule has 106 valence electrons. The Bertz CT molecular complexity index is 712. The Kier molecular flexibility index (Phi) is 4.35. The van der Waals surface area contributed by atoms with Gasteiger partial charge in [0.1, 0.15) is 5.82 Å². The highest BCUT2D eigenvalue weighted by molar-refractivity contribution is 7.98. The van der Waals surface area contributed by atoms with Crippen LogP contribution in [0.5, 0.6) is 0 Å². The zero-order valence-electron chi connectivity index (χ0n) is 10.8. The van der Waals surface area contributed by atoms with Crippen molar-refractivity contribution in [3.8, 4) is 0 Å². The number of thioether (sulfide) groups is 1. The number of sulfone groups is 1. The van der Waals surface area contributed by atoms with Crippen molar-refractivity contribution in [2.75, 3.05) is 12.0 Å². The second-order valence-corrected chi connectivity index (χ2v) is 7.45. The minimum absolute atomic E-state index is 0.278. The topological polar surface area (TPSA) is 60.2 Å². The minimum atomic E-state index is -3.18. The number of hydrogen-bond donors (Lipinski definition) is 1. The van der Waals surface area contributed by atoms with E-state index in [0.29, 0.717) is 17.0 Å². The average molecular weight is 311 g/mol. The van der Waals surface area contributed by atoms with E-state index in [1.165, 1.54) is 24.1 Å². The Morgan fingerprint density at radius 1 is 1.15 bits per heavy atom. The predicted octanol–water partition coefficient (Wildman–Crippen LogP) is 3.10. The molecule has 0 aliphatic heterocycles. The minimum Gasteiger partial charge on any atom is -0.399 e. The second kappa shape index (κ2) is 5.85. The second-order valence-electron chi connectivity index (χ2n) is 4.38. The summed E-state index contributed by atoms with van der Waals surface area (Å²) in [5.74, 6) is 0.134. The van der Waals surface area contributed by atoms with Crippen LogP contribution in [-0.2, 0) is 15.6 Å². The zero-order valence-corrected chi connectivity index (χ0v) is 12.5. The van der Waals surface area contributed by atoms with Gasteiger partial charge in [-0.05, 0) is 42.0 Å². The number of hydrogen-bond acceptors (Lipinski definition) is 4. The molecular weight excluding hydrogens is 297 g/mol. The number of benzene rings is 2. The van der Waals surface area contributed by atoms with E-state index in [4.69, 9.17) is 5.73 Å². The van der Waals surface area contributed by atoms with Crippen LogP contribution < -0.4 is 5.73 Å². The molecule has 2 aromatic carbocycles. The summed E-state index contributed by atoms with van der Waals surface area (Å²) in [7, 11) is -3.18. The van der Waals surface area contributed by atoms with Crippen molar-refractivity contribution in [2.45, 2.75) is 15.5 Å². The maximum atomic E-state index is 13.6. The number of halogens is 1. The summed E-state index contributed by atoms with van der Waals surface area (Å²) in [6.07, 6.45) is 1.17. The molecule has 0 saturated carbocycles. The Labute approximate surface area is 121 Å². The Hall–Kier alpha value is -1.53. The van der Waals surface area contributed by atoms with Crippen LogP contribution in [0, 0.1) is 5.82 Å². The van der Waals surface area contributed by atoms with Crippen molar-refractivity contribution < 1.29 is 12.8 Å². The molecule has 0 bridgehead atoms. The summed E-state index contributed by atoms with van der Waals surface area (Å²) in [5, 5.41) is 0. The molecule has 0 radical (unpaired) electrons. The van der Waals surface area contributed by atoms with Gasteiger partial charge in [-0.1, -0.05) is 6.07 Å². The largest absolute Gasteiger partial charge is 0.399 e. The predicted molar refractivity (Wildman–Crippen MR) is 79.9 cm³/mol. The zero-order chi connectivity index (χ0) is 14.8. The highest BCUT2D eigenvalue weighted by Crippen LogP contribution is 2.25. The highest BCUT2D eigenvalue weighted by Gasteiger charge is 2.07. The fraction of sp³-hybridized carbons (Fsp3) is 0.143. The maximum absolute atomic E-state index is 13.6. The molecule has 20 heavy (non-hydrogen) atoms. The van der Waals surface area contributed by atoms with Gasteiger partial charge in [-0.25, -0.2) is 12.8 Å². The van der Waals surface area contributed by atoms with Crippen LogP contribution in [0.15, 0.2) is 52.3 Å². The molecule has 0 saturated heterocycles. The lowest BCUT2D eigenvalue weighted by atomic mass is 10.2. The van der Waals surface area contributed by atoms with Gasteiger partial charge >= 0.3 is 0 Å². The molecule has 0 aliphatic carbocycles. The number of rotatable bonds is 4. The van der Waals surface area contributed by atoms with Crippen LogP contribution >= 0.6 is 11.8 Å². The van der Waals surface area contributed by atoms with Gasteiger partial charge in [-0.15, -0.1) is 11.8 Å². The molecule has 6 heteroatoms. The van der Waals surface area contributed by atoms with Gasteiger partial charge in [0.05, 0.1) is 4.90 Å². The van der Waals surface area contributed by atoms with Crippen LogP contribution in [0.1, 0.15) is 5.56 Å². The Balaban J connectivity index is 2.08. The molecule has 0 atom stereocenters. The van der Waals surface area contributed by atoms with E-state index in [-0.39, 0.29) is 10.7 Å². The van der Waals surface area contributed by atoms with Crippen molar-refractivity contribution >= 4 is 27.3 Å². The molecule has 0 aromatic heterocycles. The summed E-state index contributed by atoms with van der Waals surface area (Å²) in [6, 6.07) is 11.2. The molecule has 0 aliphatic rings. The summed E-state index contributed by atoms with van der Waals surface area (Å²) in [4.78, 5) is 1.16. The molecule has 0 spiro atoms. The number of anilines is 1. The molecule has 3 nitrogen and oxygen atoms in total. The van der Waals surface area contributed by atoms with Gasteiger partial charge in [-0.3, -0.25) is 0 Å². The van der Waals surface area contributed by atoms with Gasteiger partial charge in [-0.2, -0.15) is 0 Å². The third-order valence-electron chi connectivity index (χ3n) is 2.72. The lowest BCUT2D eigenvalue weighted by Crippen LogP contribution is -1.96. The van der Waals surface area contributed by atoms with E-state index in [1.54, 1.807) is 36.4 Å². The normalized spacial score (nSPS) is 11.5. The molecule has 2 aromatic rings. The van der Waals surface area contributed by atoms with E-state index in [9.17, 15) is 12.8 Å². The number of nitrogen functional groups attached to an aromatic ring is 1. The van der Waals surface area contributed by atoms with E-state index < -0.39 is 9.84 Å². The van der Waals surface area contributed by atoms with Crippen LogP contribution in [0.25, 0.3) is 0 Å². The summed E-state index contributed by atoms with van der Waals surface area (Å²) < 4.78 is 36.3. The van der Waals surface area contributed by atoms with E-state index >= 15 is 0 Å². The quantitative estimate of drug-likeness (QED) is 0.696. The summed E-state index contributed by atoms with van der Waals surface area (Å²) in [5.41, 5.74) is 6.45. The molecule has 2 rings (SSSR count). The first-order valence-electron chi connectivity index (χ1n) is 5.83. The van der Waals surface area contributed by atoms with Gasteiger partial charge in [0.2, 0.25) is 0 Å². The Morgan fingerprint density at radius 3 is 2.35 bits per heavy atom. The average Bonchev–Trinajstić information content (AvgIpc) is 2.37. The third-order valence-corrected chi connectivity index (χ3v) is 4.91. The van der Waals surface area contributed by atoms with Crippen LogP contribution in [0.4, 0.5) is 10.1 Å². The van der Waals surface area contributed by atoms with Gasteiger partial charge in [0, 0.05) is 22.6 Å². The number of nitrogens with two attached hydrogens (primary N) is 1. The highest BCUT2D eigenvalue weighted by atomic mass is 32.2. The van der Waals surface area contributed by atoms with Crippen molar-refractivity contribution in [2.24, 2.45) is 0 Å². The van der Waals surface area contributed by atoms with Crippen LogP contribution in [-0.4, -0.2) is 14.7 Å². The monoisotopic (exact) mass is 311 g/mol. The first kappa shape index (κ1) is 14.9. The molecule has 0 heterocycles. The van der Waals surface area contributed by atoms with Crippen molar-refractivity contribution in [3.63, 3.8) is 0 Å². The first-order valence-corrected chi connectivity index (χ1v) is 8.71. The SMILES string of the molecule is CS(=O)(=O)c1ccc(SCc2ccc(N)cc2F)cc1. The summed E-state index contributed by atoms with van der Waals surface area (Å²) >= 11 is 1.44. The van der Waals surface area contributed by atoms with E-state index in [0.717, 1.165) is 4.90 Å². The smallest absolute Gasteiger partial charge is 0.175 e. The van der Waals surface area contributed by atoms with Crippen molar-refractivity contribution in [3.05, 3.63) is 53.8 Å². The lowest BCUT2D eigenvalue weighted by Gasteiger charge is -2.05. The van der Waals surface area contributed by atoms with Crippen molar-refractivity contribution in [1.29, 1.82) is 0 Å². The van der Waals surface area contributed by atoms with Gasteiger partial charge < -0.3 is 5.73 Å². The molecule has 0 fully saturated rings. The maximum Gasteiger partial charge on any atom is 0.175 e. The van der Waals surface area contributed by atoms with Crippen molar-refractivity contribution in [1.82, 2.24) is 0 Å². The first-order chi connectivity index (χ1) is 9.36. The van der Waals surface area contributed by atoms with Crippen LogP contribution in [0.2, 0.25) is 0 Å². The van der Waals surface area contributed by atoms with Gasteiger partial charge in [0.25, 0.3) is 0 Å². The lowest BCUT2D eigenvalue weighted by molar-refractivity contribution is 0.602. The summed E-state index contributed by atoms with van der Waals surface area (Å²) in [6.45, 7) is 0. The van der Waals surface area contributed by atoms with E-state index in [1.807, 2.05) is 0 Å². The fourth-order valence-electron chi connectivity index (χ4n) is 1.62. The molecule has 0 unspecified atom stereocenters. The standard InChI is InChI=1S/C14H14FNO2S2/c1-20(17,18)13-6-4-12(5-7-13)19-9-10-2-3-11(16)8-14(10)15/h2-8H,9,16H2,1H3. The van der Waals surface area contributed by atoms with Gasteiger partial charge in [0.15, 0.2) is 9.84 Å². The fourth-order valence-corrected chi connectivity index (χ4v) is 3.14. The molecule has 0 amide bonds. The van der Waals surface area contributed by atoms with Crippen LogP contribution in [0.3, 0.4) is 0 Å². The third kappa shape index (κ3) is 3.74. The Morgan fingerprint density at radius 2 is 1.80 bits per heavy atom. The molecular formula is C14H14FNO2S2.